The first-order chi connectivity index (χ1) is 10.7. The van der Waals surface area contributed by atoms with E-state index in [0.29, 0.717) is 5.56 Å². The number of carbonyl (C=O) groups is 1. The smallest absolute Gasteiger partial charge is 0.337 e. The number of hydrogen-bond acceptors (Lipinski definition) is 3. The van der Waals surface area contributed by atoms with Gasteiger partial charge in [-0.25, -0.2) is 4.79 Å². The monoisotopic (exact) mass is 295 g/mol. The number of carbonyl (C=O) groups excluding carboxylic acids is 1. The zero-order valence-electron chi connectivity index (χ0n) is 12.6. The molecule has 0 fully saturated rings. The molecule has 0 radical (unpaired) electrons. The Kier molecular flexibility index (Phi) is 3.83. The Balaban J connectivity index is 1.93. The van der Waals surface area contributed by atoms with Crippen LogP contribution in [-0.2, 0) is 11.2 Å². The molecule has 0 spiro atoms. The van der Waals surface area contributed by atoms with E-state index >= 15 is 0 Å². The number of aromatic amines is 1. The first kappa shape index (κ1) is 14.2. The van der Waals surface area contributed by atoms with E-state index < -0.39 is 0 Å². The van der Waals surface area contributed by atoms with E-state index in [4.69, 9.17) is 9.47 Å². The number of nitrogens with one attached hydrogen (secondary N) is 1. The molecule has 3 aromatic rings. The lowest BCUT2D eigenvalue weighted by Gasteiger charge is -2.06. The van der Waals surface area contributed by atoms with Gasteiger partial charge in [0.25, 0.3) is 0 Å². The number of benzene rings is 2. The van der Waals surface area contributed by atoms with Crippen molar-refractivity contribution < 1.29 is 14.3 Å². The molecule has 0 saturated heterocycles. The third-order valence-corrected chi connectivity index (χ3v) is 3.67. The summed E-state index contributed by atoms with van der Waals surface area (Å²) in [4.78, 5) is 15.0. The number of hydrogen-bond donors (Lipinski definition) is 1. The summed E-state index contributed by atoms with van der Waals surface area (Å²) >= 11 is 0. The molecule has 2 aromatic carbocycles. The Labute approximate surface area is 128 Å². The van der Waals surface area contributed by atoms with E-state index in [2.05, 4.69) is 4.98 Å². The average molecular weight is 295 g/mol. The van der Waals surface area contributed by atoms with Crippen LogP contribution in [0.25, 0.3) is 10.9 Å². The van der Waals surface area contributed by atoms with Gasteiger partial charge >= 0.3 is 5.97 Å². The molecule has 1 aromatic heterocycles. The zero-order valence-corrected chi connectivity index (χ0v) is 12.6. The summed E-state index contributed by atoms with van der Waals surface area (Å²) in [5, 5.41) is 0.993. The fraction of sp³-hybridized carbons (Fsp3) is 0.167. The topological polar surface area (TPSA) is 51.3 Å². The Morgan fingerprint density at radius 2 is 1.91 bits per heavy atom. The second-order valence-electron chi connectivity index (χ2n) is 5.08. The first-order valence-corrected chi connectivity index (χ1v) is 7.03. The predicted molar refractivity (Wildman–Crippen MR) is 85.4 cm³/mol. The summed E-state index contributed by atoms with van der Waals surface area (Å²) in [6.45, 7) is 0. The number of para-hydroxylation sites is 1. The number of methoxy groups -OCH3 is 2. The molecule has 0 saturated carbocycles. The van der Waals surface area contributed by atoms with Crippen molar-refractivity contribution in [3.63, 3.8) is 0 Å². The molecule has 4 heteroatoms. The molecule has 4 nitrogen and oxygen atoms in total. The van der Waals surface area contributed by atoms with Crippen LogP contribution in [0.4, 0.5) is 0 Å². The van der Waals surface area contributed by atoms with Gasteiger partial charge in [0, 0.05) is 23.0 Å². The molecule has 0 aliphatic heterocycles. The lowest BCUT2D eigenvalue weighted by Crippen LogP contribution is -2.00. The molecule has 1 N–H and O–H groups in total. The van der Waals surface area contributed by atoms with Gasteiger partial charge in [-0.05, 0) is 35.9 Å². The minimum absolute atomic E-state index is 0.325. The Hall–Kier alpha value is -2.75. The molecule has 0 unspecified atom stereocenters. The standard InChI is InChI=1S/C18H17NO3/c1-21-17-6-4-3-5-12(17)10-15-11-14-9-13(18(20)22-2)7-8-16(14)19-15/h3-9,11,19H,10H2,1-2H3. The first-order valence-electron chi connectivity index (χ1n) is 7.03. The van der Waals surface area contributed by atoms with Crippen LogP contribution in [0.2, 0.25) is 0 Å². The number of H-pyrrole nitrogens is 1. The van der Waals surface area contributed by atoms with Gasteiger partial charge in [0.15, 0.2) is 0 Å². The molecule has 1 heterocycles. The van der Waals surface area contributed by atoms with Crippen molar-refractivity contribution >= 4 is 16.9 Å². The van der Waals surface area contributed by atoms with Gasteiger partial charge in [-0.3, -0.25) is 0 Å². The van der Waals surface area contributed by atoms with Gasteiger partial charge in [0.1, 0.15) is 5.75 Å². The van der Waals surface area contributed by atoms with Crippen molar-refractivity contribution in [2.24, 2.45) is 0 Å². The minimum atomic E-state index is -0.325. The van der Waals surface area contributed by atoms with Crippen molar-refractivity contribution in [1.82, 2.24) is 4.98 Å². The Morgan fingerprint density at radius 1 is 1.09 bits per heavy atom. The van der Waals surface area contributed by atoms with Gasteiger partial charge in [-0.15, -0.1) is 0 Å². The Morgan fingerprint density at radius 3 is 2.68 bits per heavy atom. The van der Waals surface area contributed by atoms with E-state index in [-0.39, 0.29) is 5.97 Å². The number of aromatic nitrogens is 1. The molecule has 0 amide bonds. The van der Waals surface area contributed by atoms with E-state index in [1.165, 1.54) is 7.11 Å². The SMILES string of the molecule is COC(=O)c1ccc2[nH]c(Cc3ccccc3OC)cc2c1. The number of ether oxygens (including phenoxy) is 2. The molecular formula is C18H17NO3. The normalized spacial score (nSPS) is 10.6. The maximum Gasteiger partial charge on any atom is 0.337 e. The van der Waals surface area contributed by atoms with Crippen LogP contribution in [0.15, 0.2) is 48.5 Å². The van der Waals surface area contributed by atoms with Crippen molar-refractivity contribution in [3.05, 3.63) is 65.4 Å². The van der Waals surface area contributed by atoms with Crippen LogP contribution in [-0.4, -0.2) is 25.2 Å². The lowest BCUT2D eigenvalue weighted by atomic mass is 10.1. The average Bonchev–Trinajstić information content (AvgIpc) is 2.95. The van der Waals surface area contributed by atoms with Crippen LogP contribution >= 0.6 is 0 Å². The summed E-state index contributed by atoms with van der Waals surface area (Å²) < 4.78 is 10.1. The largest absolute Gasteiger partial charge is 0.496 e. The highest BCUT2D eigenvalue weighted by Crippen LogP contribution is 2.24. The van der Waals surface area contributed by atoms with Gasteiger partial charge in [0.05, 0.1) is 19.8 Å². The predicted octanol–water partition coefficient (Wildman–Crippen LogP) is 3.55. The number of esters is 1. The van der Waals surface area contributed by atoms with Crippen molar-refractivity contribution in [1.29, 1.82) is 0 Å². The summed E-state index contributed by atoms with van der Waals surface area (Å²) in [6, 6.07) is 15.5. The van der Waals surface area contributed by atoms with E-state index in [9.17, 15) is 4.79 Å². The molecule has 3 rings (SSSR count). The van der Waals surface area contributed by atoms with E-state index in [1.807, 2.05) is 42.5 Å². The van der Waals surface area contributed by atoms with E-state index in [1.54, 1.807) is 13.2 Å². The fourth-order valence-corrected chi connectivity index (χ4v) is 2.59. The molecule has 22 heavy (non-hydrogen) atoms. The highest BCUT2D eigenvalue weighted by Gasteiger charge is 2.09. The lowest BCUT2D eigenvalue weighted by molar-refractivity contribution is 0.0601. The van der Waals surface area contributed by atoms with E-state index in [0.717, 1.165) is 34.3 Å². The summed E-state index contributed by atoms with van der Waals surface area (Å²) in [7, 11) is 3.06. The van der Waals surface area contributed by atoms with Crippen LogP contribution < -0.4 is 4.74 Å². The number of fused-ring (bicyclic) bond motifs is 1. The molecule has 0 aliphatic rings. The van der Waals surface area contributed by atoms with Crippen LogP contribution in [0, 0.1) is 0 Å². The second-order valence-corrected chi connectivity index (χ2v) is 5.08. The molecule has 0 aliphatic carbocycles. The Bertz CT molecular complexity index is 820. The summed E-state index contributed by atoms with van der Waals surface area (Å²) in [6.07, 6.45) is 0.742. The highest BCUT2D eigenvalue weighted by molar-refractivity contribution is 5.94. The summed E-state index contributed by atoms with van der Waals surface area (Å²) in [5.41, 5.74) is 3.74. The molecular weight excluding hydrogens is 278 g/mol. The second kappa shape index (κ2) is 5.93. The molecule has 112 valence electrons. The van der Waals surface area contributed by atoms with Gasteiger partial charge in [-0.1, -0.05) is 18.2 Å². The van der Waals surface area contributed by atoms with Crippen LogP contribution in [0.3, 0.4) is 0 Å². The maximum atomic E-state index is 11.6. The third-order valence-electron chi connectivity index (χ3n) is 3.67. The van der Waals surface area contributed by atoms with Crippen molar-refractivity contribution in [3.8, 4) is 5.75 Å². The van der Waals surface area contributed by atoms with Crippen molar-refractivity contribution in [2.75, 3.05) is 14.2 Å². The van der Waals surface area contributed by atoms with Gasteiger partial charge < -0.3 is 14.5 Å². The number of rotatable bonds is 4. The van der Waals surface area contributed by atoms with Gasteiger partial charge in [-0.2, -0.15) is 0 Å². The third kappa shape index (κ3) is 2.68. The maximum absolute atomic E-state index is 11.6. The molecule has 0 bridgehead atoms. The molecule has 0 atom stereocenters. The van der Waals surface area contributed by atoms with Crippen LogP contribution in [0.5, 0.6) is 5.75 Å². The quantitative estimate of drug-likeness (QED) is 0.749. The minimum Gasteiger partial charge on any atom is -0.496 e. The van der Waals surface area contributed by atoms with Gasteiger partial charge in [0.2, 0.25) is 0 Å². The summed E-state index contributed by atoms with van der Waals surface area (Å²) in [5.74, 6) is 0.547. The fourth-order valence-electron chi connectivity index (χ4n) is 2.59. The van der Waals surface area contributed by atoms with Crippen molar-refractivity contribution in [2.45, 2.75) is 6.42 Å². The highest BCUT2D eigenvalue weighted by atomic mass is 16.5. The van der Waals surface area contributed by atoms with Crippen LogP contribution in [0.1, 0.15) is 21.6 Å². The zero-order chi connectivity index (χ0) is 15.5.